The highest BCUT2D eigenvalue weighted by atomic mass is 35.5. The molecule has 0 saturated carbocycles. The van der Waals surface area contributed by atoms with Crippen molar-refractivity contribution in [2.75, 3.05) is 13.0 Å². The van der Waals surface area contributed by atoms with Gasteiger partial charge in [0.05, 0.1) is 34.8 Å². The number of thioether (sulfide) groups is 1. The van der Waals surface area contributed by atoms with Gasteiger partial charge in [-0.05, 0) is 30.3 Å². The molecule has 0 saturated heterocycles. The number of benzene rings is 3. The molecule has 0 aliphatic carbocycles. The second-order valence-corrected chi connectivity index (χ2v) is 8.50. The fourth-order valence-electron chi connectivity index (χ4n) is 3.64. The predicted octanol–water partition coefficient (Wildman–Crippen LogP) is 4.94. The minimum atomic E-state index is -0.315. The zero-order valence-electron chi connectivity index (χ0n) is 17.4. The Kier molecular flexibility index (Phi) is 5.62. The molecule has 164 valence electrons. The van der Waals surface area contributed by atoms with E-state index in [0.29, 0.717) is 32.9 Å². The van der Waals surface area contributed by atoms with Crippen molar-refractivity contribution >= 4 is 35.2 Å². The Morgan fingerprint density at radius 2 is 1.58 bits per heavy atom. The third-order valence-corrected chi connectivity index (χ3v) is 6.46. The molecule has 2 amide bonds. The number of hydrogen-bond donors (Lipinski definition) is 0. The quantitative estimate of drug-likeness (QED) is 0.290. The first kappa shape index (κ1) is 21.2. The van der Waals surface area contributed by atoms with Crippen molar-refractivity contribution in [2.45, 2.75) is 5.16 Å². The lowest BCUT2D eigenvalue weighted by Gasteiger charge is -2.15. The highest BCUT2D eigenvalue weighted by Gasteiger charge is 2.35. The van der Waals surface area contributed by atoms with Crippen LogP contribution in [0, 0.1) is 0 Å². The summed E-state index contributed by atoms with van der Waals surface area (Å²) in [5, 5.41) is 9.70. The lowest BCUT2D eigenvalue weighted by molar-refractivity contribution is 0.0684. The highest BCUT2D eigenvalue weighted by molar-refractivity contribution is 7.99. The minimum Gasteiger partial charge on any atom is -0.495 e. The van der Waals surface area contributed by atoms with Gasteiger partial charge in [0.15, 0.2) is 11.0 Å². The normalized spacial score (nSPS) is 12.8. The third kappa shape index (κ3) is 3.77. The fourth-order valence-corrected chi connectivity index (χ4v) is 4.79. The van der Waals surface area contributed by atoms with Gasteiger partial charge >= 0.3 is 0 Å². The van der Waals surface area contributed by atoms with E-state index in [1.165, 1.54) is 16.7 Å². The van der Waals surface area contributed by atoms with Crippen LogP contribution in [0.2, 0.25) is 5.02 Å². The first-order chi connectivity index (χ1) is 16.1. The Labute approximate surface area is 199 Å². The Hall–Kier alpha value is -3.62. The second-order valence-electron chi connectivity index (χ2n) is 7.18. The van der Waals surface area contributed by atoms with Crippen molar-refractivity contribution in [1.29, 1.82) is 0 Å². The van der Waals surface area contributed by atoms with Gasteiger partial charge in [0.2, 0.25) is 0 Å². The topological polar surface area (TPSA) is 77.3 Å². The van der Waals surface area contributed by atoms with Crippen molar-refractivity contribution in [3.8, 4) is 22.8 Å². The van der Waals surface area contributed by atoms with Gasteiger partial charge in [-0.15, -0.1) is 10.2 Å². The SMILES string of the molecule is COc1ccc(-n2c(SCN3C(=O)c4ccccc4C3=O)nnc2-c2ccccc2)cc1Cl. The van der Waals surface area contributed by atoms with Crippen LogP contribution in [0.3, 0.4) is 0 Å². The smallest absolute Gasteiger partial charge is 0.262 e. The standard InChI is InChI=1S/C24H17ClN4O3S/c1-32-20-12-11-16(13-19(20)25)29-21(15-7-3-2-4-8-15)26-27-24(29)33-14-28-22(30)17-9-5-6-10-18(17)23(28)31/h2-13H,14H2,1H3. The summed E-state index contributed by atoms with van der Waals surface area (Å²) >= 11 is 7.63. The molecule has 0 N–H and O–H groups in total. The molecule has 0 bridgehead atoms. The van der Waals surface area contributed by atoms with Crippen LogP contribution in [0.5, 0.6) is 5.75 Å². The van der Waals surface area contributed by atoms with Crippen molar-refractivity contribution < 1.29 is 14.3 Å². The van der Waals surface area contributed by atoms with Gasteiger partial charge in [-0.3, -0.25) is 19.1 Å². The van der Waals surface area contributed by atoms with E-state index in [-0.39, 0.29) is 17.7 Å². The number of fused-ring (bicyclic) bond motifs is 1. The first-order valence-electron chi connectivity index (χ1n) is 10.0. The molecular formula is C24H17ClN4O3S. The molecule has 4 aromatic rings. The van der Waals surface area contributed by atoms with Crippen LogP contribution in [0.15, 0.2) is 78.0 Å². The molecule has 0 unspecified atom stereocenters. The largest absolute Gasteiger partial charge is 0.495 e. The first-order valence-corrected chi connectivity index (χ1v) is 11.4. The third-order valence-electron chi connectivity index (χ3n) is 5.26. The van der Waals surface area contributed by atoms with Gasteiger partial charge in [-0.2, -0.15) is 0 Å². The Morgan fingerprint density at radius 3 is 2.21 bits per heavy atom. The van der Waals surface area contributed by atoms with E-state index in [2.05, 4.69) is 10.2 Å². The summed E-state index contributed by atoms with van der Waals surface area (Å²) in [6, 6.07) is 21.8. The molecule has 1 aliphatic heterocycles. The number of aromatic nitrogens is 3. The summed E-state index contributed by atoms with van der Waals surface area (Å²) in [4.78, 5) is 26.7. The Bertz CT molecular complexity index is 1340. The van der Waals surface area contributed by atoms with Gasteiger partial charge in [0, 0.05) is 5.56 Å². The number of methoxy groups -OCH3 is 1. The monoisotopic (exact) mass is 476 g/mol. The van der Waals surface area contributed by atoms with Gasteiger partial charge in [0.25, 0.3) is 11.8 Å². The van der Waals surface area contributed by atoms with Gasteiger partial charge < -0.3 is 4.74 Å². The molecule has 0 radical (unpaired) electrons. The van der Waals surface area contributed by atoms with Crippen molar-refractivity contribution in [1.82, 2.24) is 19.7 Å². The highest BCUT2D eigenvalue weighted by Crippen LogP contribution is 2.33. The molecule has 0 fully saturated rings. The lowest BCUT2D eigenvalue weighted by Crippen LogP contribution is -2.29. The molecule has 5 rings (SSSR count). The number of imide groups is 1. The number of hydrogen-bond acceptors (Lipinski definition) is 6. The van der Waals surface area contributed by atoms with Crippen LogP contribution >= 0.6 is 23.4 Å². The van der Waals surface area contributed by atoms with E-state index >= 15 is 0 Å². The number of ether oxygens (including phenoxy) is 1. The van der Waals surface area contributed by atoms with Crippen molar-refractivity contribution in [2.24, 2.45) is 0 Å². The molecule has 2 heterocycles. The summed E-state index contributed by atoms with van der Waals surface area (Å²) in [5.41, 5.74) is 2.42. The fraction of sp³-hybridized carbons (Fsp3) is 0.0833. The van der Waals surface area contributed by atoms with Crippen LogP contribution in [0.4, 0.5) is 0 Å². The average Bonchev–Trinajstić information content (AvgIpc) is 3.37. The van der Waals surface area contributed by atoms with Gasteiger partial charge in [-0.25, -0.2) is 0 Å². The minimum absolute atomic E-state index is 0.100. The molecule has 0 atom stereocenters. The van der Waals surface area contributed by atoms with E-state index in [4.69, 9.17) is 16.3 Å². The number of nitrogens with zero attached hydrogens (tertiary/aromatic N) is 4. The maximum Gasteiger partial charge on any atom is 0.262 e. The number of carbonyl (C=O) groups is 2. The van der Waals surface area contributed by atoms with Crippen molar-refractivity contribution in [3.63, 3.8) is 0 Å². The number of amides is 2. The summed E-state index contributed by atoms with van der Waals surface area (Å²) in [6.07, 6.45) is 0. The van der Waals surface area contributed by atoms with E-state index in [1.807, 2.05) is 41.0 Å². The summed E-state index contributed by atoms with van der Waals surface area (Å²) in [7, 11) is 1.55. The zero-order valence-corrected chi connectivity index (χ0v) is 19.0. The Morgan fingerprint density at radius 1 is 0.909 bits per heavy atom. The van der Waals surface area contributed by atoms with Crippen LogP contribution in [0.25, 0.3) is 17.1 Å². The predicted molar refractivity (Wildman–Crippen MR) is 126 cm³/mol. The molecule has 33 heavy (non-hydrogen) atoms. The molecular weight excluding hydrogens is 460 g/mol. The molecule has 3 aromatic carbocycles. The molecule has 9 heteroatoms. The maximum atomic E-state index is 12.7. The van der Waals surface area contributed by atoms with Crippen LogP contribution in [-0.2, 0) is 0 Å². The molecule has 1 aromatic heterocycles. The molecule has 7 nitrogen and oxygen atoms in total. The second kappa shape index (κ2) is 8.73. The van der Waals surface area contributed by atoms with Crippen LogP contribution in [-0.4, -0.2) is 44.5 Å². The Balaban J connectivity index is 1.51. The maximum absolute atomic E-state index is 12.7. The summed E-state index contributed by atoms with van der Waals surface area (Å²) in [5.74, 6) is 0.634. The number of halogens is 1. The van der Waals surface area contributed by atoms with E-state index in [9.17, 15) is 9.59 Å². The summed E-state index contributed by atoms with van der Waals surface area (Å²) < 4.78 is 7.12. The zero-order chi connectivity index (χ0) is 22.9. The van der Waals surface area contributed by atoms with E-state index in [1.54, 1.807) is 43.5 Å². The number of rotatable bonds is 6. The van der Waals surface area contributed by atoms with E-state index in [0.717, 1.165) is 11.3 Å². The summed E-state index contributed by atoms with van der Waals surface area (Å²) in [6.45, 7) is 0. The molecule has 1 aliphatic rings. The van der Waals surface area contributed by atoms with Crippen molar-refractivity contribution in [3.05, 3.63) is 88.9 Å². The van der Waals surface area contributed by atoms with Crippen LogP contribution < -0.4 is 4.74 Å². The van der Waals surface area contributed by atoms with E-state index < -0.39 is 0 Å². The lowest BCUT2D eigenvalue weighted by atomic mass is 10.1. The van der Waals surface area contributed by atoms with Crippen LogP contribution in [0.1, 0.15) is 20.7 Å². The average molecular weight is 477 g/mol. The number of carbonyl (C=O) groups excluding carboxylic acids is 2. The van der Waals surface area contributed by atoms with Gasteiger partial charge in [-0.1, -0.05) is 65.8 Å². The van der Waals surface area contributed by atoms with Gasteiger partial charge in [0.1, 0.15) is 5.75 Å². The molecule has 0 spiro atoms.